The maximum atomic E-state index is 11.5. The van der Waals surface area contributed by atoms with E-state index in [1.54, 1.807) is 0 Å². The summed E-state index contributed by atoms with van der Waals surface area (Å²) in [6, 6.07) is 1.47. The van der Waals surface area contributed by atoms with E-state index in [4.69, 9.17) is 16.3 Å². The molecule has 1 aliphatic heterocycles. The molecule has 1 aromatic rings. The van der Waals surface area contributed by atoms with Crippen molar-refractivity contribution in [2.45, 2.75) is 24.0 Å². The molecule has 2 rings (SSSR count). The smallest absolute Gasteiger partial charge is 0.349 e. The number of terminal acetylenes is 1. The van der Waals surface area contributed by atoms with E-state index < -0.39 is 36.3 Å². The molecule has 1 fully saturated rings. The van der Waals surface area contributed by atoms with Gasteiger partial charge in [0.05, 0.1) is 6.61 Å². The Labute approximate surface area is 102 Å². The molecule has 2 heterocycles. The summed E-state index contributed by atoms with van der Waals surface area (Å²) >= 11 is 0. The molecule has 0 spiro atoms. The third-order valence-electron chi connectivity index (χ3n) is 2.93. The molecule has 1 unspecified atom stereocenters. The van der Waals surface area contributed by atoms with Crippen LogP contribution in [-0.2, 0) is 4.74 Å². The van der Waals surface area contributed by atoms with Crippen LogP contribution in [0.2, 0.25) is 0 Å². The zero-order valence-corrected chi connectivity index (χ0v) is 9.30. The van der Waals surface area contributed by atoms with Gasteiger partial charge in [0.2, 0.25) is 0 Å². The third-order valence-corrected chi connectivity index (χ3v) is 2.93. The molecule has 0 aliphatic carbocycles. The highest BCUT2D eigenvalue weighted by atomic mass is 16.6. The van der Waals surface area contributed by atoms with E-state index >= 15 is 0 Å². The Bertz CT molecular complexity index is 537. The lowest BCUT2D eigenvalue weighted by atomic mass is 9.93. The van der Waals surface area contributed by atoms with Crippen LogP contribution < -0.4 is 5.69 Å². The van der Waals surface area contributed by atoms with Crippen molar-refractivity contribution in [3.63, 3.8) is 0 Å². The van der Waals surface area contributed by atoms with E-state index in [1.165, 1.54) is 18.5 Å². The predicted octanol–water partition coefficient (Wildman–Crippen LogP) is -2.14. The Morgan fingerprint density at radius 3 is 2.89 bits per heavy atom. The lowest BCUT2D eigenvalue weighted by Gasteiger charge is -2.23. The van der Waals surface area contributed by atoms with Gasteiger partial charge < -0.3 is 20.1 Å². The van der Waals surface area contributed by atoms with Gasteiger partial charge in [-0.25, -0.2) is 9.78 Å². The van der Waals surface area contributed by atoms with Crippen molar-refractivity contribution in [3.05, 3.63) is 28.9 Å². The van der Waals surface area contributed by atoms with Gasteiger partial charge >= 0.3 is 5.69 Å². The van der Waals surface area contributed by atoms with Gasteiger partial charge in [-0.15, -0.1) is 6.42 Å². The minimum atomic E-state index is -2.05. The normalized spacial score (nSPS) is 35.3. The van der Waals surface area contributed by atoms with Crippen LogP contribution in [-0.4, -0.2) is 49.3 Å². The topological polar surface area (TPSA) is 105 Å². The maximum absolute atomic E-state index is 11.5. The van der Waals surface area contributed by atoms with Gasteiger partial charge in [0.25, 0.3) is 0 Å². The van der Waals surface area contributed by atoms with Crippen molar-refractivity contribution in [2.75, 3.05) is 6.61 Å². The second-order valence-corrected chi connectivity index (χ2v) is 3.92. The average molecular weight is 252 g/mol. The summed E-state index contributed by atoms with van der Waals surface area (Å²) in [7, 11) is 0. The second kappa shape index (κ2) is 4.51. The highest BCUT2D eigenvalue weighted by Gasteiger charge is 2.55. The summed E-state index contributed by atoms with van der Waals surface area (Å²) < 4.78 is 6.23. The number of rotatable bonds is 2. The van der Waals surface area contributed by atoms with Crippen molar-refractivity contribution in [3.8, 4) is 12.3 Å². The molecule has 4 atom stereocenters. The minimum Gasteiger partial charge on any atom is -0.394 e. The summed E-state index contributed by atoms with van der Waals surface area (Å²) in [6.07, 6.45) is 3.88. The van der Waals surface area contributed by atoms with E-state index in [1.807, 2.05) is 5.92 Å². The molecule has 0 saturated carbocycles. The van der Waals surface area contributed by atoms with Crippen LogP contribution in [0.3, 0.4) is 0 Å². The van der Waals surface area contributed by atoms with Crippen molar-refractivity contribution < 1.29 is 20.1 Å². The number of ether oxygens (including phenoxy) is 1. The van der Waals surface area contributed by atoms with E-state index in [0.29, 0.717) is 0 Å². The number of hydrogen-bond donors (Lipinski definition) is 3. The van der Waals surface area contributed by atoms with Gasteiger partial charge in [0.1, 0.15) is 12.2 Å². The van der Waals surface area contributed by atoms with Crippen LogP contribution in [0.4, 0.5) is 0 Å². The fourth-order valence-corrected chi connectivity index (χ4v) is 1.89. The molecule has 0 radical (unpaired) electrons. The van der Waals surface area contributed by atoms with Crippen LogP contribution in [0.1, 0.15) is 6.23 Å². The molecule has 1 saturated heterocycles. The molecule has 7 nitrogen and oxygen atoms in total. The highest BCUT2D eigenvalue weighted by molar-refractivity contribution is 5.19. The number of nitrogens with zero attached hydrogens (tertiary/aromatic N) is 2. The quantitative estimate of drug-likeness (QED) is 0.519. The number of aromatic nitrogens is 2. The lowest BCUT2D eigenvalue weighted by molar-refractivity contribution is -0.0624. The maximum Gasteiger partial charge on any atom is 0.349 e. The Morgan fingerprint density at radius 1 is 1.67 bits per heavy atom. The van der Waals surface area contributed by atoms with Gasteiger partial charge in [-0.2, -0.15) is 0 Å². The molecule has 18 heavy (non-hydrogen) atoms. The number of aliphatic hydroxyl groups is 3. The molecule has 96 valence electrons. The van der Waals surface area contributed by atoms with Gasteiger partial charge in [0, 0.05) is 12.4 Å². The molecule has 7 heteroatoms. The first kappa shape index (κ1) is 12.7. The second-order valence-electron chi connectivity index (χ2n) is 3.92. The van der Waals surface area contributed by atoms with E-state index in [0.717, 1.165) is 4.57 Å². The molecule has 0 aromatic carbocycles. The average Bonchev–Trinajstić information content (AvgIpc) is 2.64. The minimum absolute atomic E-state index is 0.580. The van der Waals surface area contributed by atoms with E-state index in [9.17, 15) is 15.0 Å². The predicted molar refractivity (Wildman–Crippen MR) is 59.3 cm³/mol. The molecular weight excluding hydrogens is 240 g/mol. The lowest BCUT2D eigenvalue weighted by Crippen LogP contribution is -2.48. The Hall–Kier alpha value is -1.72. The zero-order valence-electron chi connectivity index (χ0n) is 9.30. The standard InChI is InChI=1S/C11H12N2O5/c1-2-11(17)7(6-14)18-9(8(11)15)13-5-3-4-12-10(13)16/h1,3-5,7-9,14-15,17H,6H2/t7-,8?,9-,11-/m1/s1. The summed E-state index contributed by atoms with van der Waals surface area (Å²) in [4.78, 5) is 15.0. The van der Waals surface area contributed by atoms with Crippen LogP contribution in [0.5, 0.6) is 0 Å². The van der Waals surface area contributed by atoms with Crippen molar-refractivity contribution >= 4 is 0 Å². The van der Waals surface area contributed by atoms with Gasteiger partial charge in [-0.1, -0.05) is 5.92 Å². The first-order valence-electron chi connectivity index (χ1n) is 5.22. The molecule has 3 N–H and O–H groups in total. The molecule has 1 aromatic heterocycles. The Balaban J connectivity index is 2.42. The fourth-order valence-electron chi connectivity index (χ4n) is 1.89. The first-order valence-corrected chi connectivity index (χ1v) is 5.22. The first-order chi connectivity index (χ1) is 8.54. The summed E-state index contributed by atoms with van der Waals surface area (Å²) in [5.74, 6) is 2.00. The molecular formula is C11H12N2O5. The monoisotopic (exact) mass is 252 g/mol. The van der Waals surface area contributed by atoms with Crippen LogP contribution in [0.25, 0.3) is 0 Å². The van der Waals surface area contributed by atoms with Gasteiger partial charge in [-0.3, -0.25) is 4.57 Å². The number of aliphatic hydroxyl groups excluding tert-OH is 2. The Kier molecular flexibility index (Phi) is 3.19. The van der Waals surface area contributed by atoms with Crippen LogP contribution in [0.15, 0.2) is 23.3 Å². The Morgan fingerprint density at radius 2 is 2.39 bits per heavy atom. The van der Waals surface area contributed by atoms with E-state index in [-0.39, 0.29) is 0 Å². The summed E-state index contributed by atoms with van der Waals surface area (Å²) in [5.41, 5.74) is -2.70. The van der Waals surface area contributed by atoms with Crippen LogP contribution >= 0.6 is 0 Å². The largest absolute Gasteiger partial charge is 0.394 e. The fraction of sp³-hybridized carbons (Fsp3) is 0.455. The molecule has 0 amide bonds. The molecule has 1 aliphatic rings. The third kappa shape index (κ3) is 1.72. The van der Waals surface area contributed by atoms with Crippen molar-refractivity contribution in [1.29, 1.82) is 0 Å². The zero-order chi connectivity index (χ0) is 13.3. The van der Waals surface area contributed by atoms with Crippen molar-refractivity contribution in [2.24, 2.45) is 0 Å². The van der Waals surface area contributed by atoms with E-state index in [2.05, 4.69) is 4.98 Å². The van der Waals surface area contributed by atoms with Gasteiger partial charge in [0.15, 0.2) is 11.8 Å². The number of hydrogen-bond acceptors (Lipinski definition) is 6. The van der Waals surface area contributed by atoms with Crippen LogP contribution in [0, 0.1) is 12.3 Å². The van der Waals surface area contributed by atoms with Gasteiger partial charge in [-0.05, 0) is 6.07 Å². The SMILES string of the molecule is C#C[C@]1(O)C(O)[C@H](n2cccnc2=O)O[C@@H]1CO. The highest BCUT2D eigenvalue weighted by Crippen LogP contribution is 2.35. The summed E-state index contributed by atoms with van der Waals surface area (Å²) in [6.45, 7) is -0.580. The van der Waals surface area contributed by atoms with Crippen molar-refractivity contribution in [1.82, 2.24) is 9.55 Å². The summed E-state index contributed by atoms with van der Waals surface area (Å²) in [5, 5.41) is 29.1. The molecule has 0 bridgehead atoms.